The van der Waals surface area contributed by atoms with Crippen molar-refractivity contribution in [2.75, 3.05) is 13.1 Å². The van der Waals surface area contributed by atoms with Gasteiger partial charge in [-0.05, 0) is 57.2 Å². The molecule has 1 N–H and O–H groups in total. The number of H-pyrrole nitrogens is 1. The third-order valence-electron chi connectivity index (χ3n) is 6.87. The Kier molecular flexibility index (Phi) is 5.05. The molecule has 1 amide bonds. The highest BCUT2D eigenvalue weighted by molar-refractivity contribution is 7.18. The lowest BCUT2D eigenvalue weighted by atomic mass is 9.97. The lowest BCUT2D eigenvalue weighted by Gasteiger charge is -2.31. The molecule has 1 aromatic carbocycles. The lowest BCUT2D eigenvalue weighted by molar-refractivity contribution is 0.0712. The van der Waals surface area contributed by atoms with E-state index in [9.17, 15) is 14.0 Å². The molecular weight excluding hydrogens is 455 g/mol. The summed E-state index contributed by atoms with van der Waals surface area (Å²) in [5, 5.41) is 5.36. The van der Waals surface area contributed by atoms with Gasteiger partial charge in [-0.1, -0.05) is 0 Å². The average Bonchev–Trinajstić information content (AvgIpc) is 3.56. The highest BCUT2D eigenvalue weighted by atomic mass is 32.1. The molecular formula is C24H23FN6O2S. The number of hydrogen-bond acceptors (Lipinski definition) is 6. The van der Waals surface area contributed by atoms with Crippen LogP contribution in [0.1, 0.15) is 57.5 Å². The van der Waals surface area contributed by atoms with Crippen LogP contribution in [0.15, 0.2) is 29.2 Å². The first-order valence-corrected chi connectivity index (χ1v) is 12.3. The van der Waals surface area contributed by atoms with E-state index in [-0.39, 0.29) is 23.2 Å². The van der Waals surface area contributed by atoms with Crippen LogP contribution in [0.2, 0.25) is 0 Å². The molecule has 4 heterocycles. The van der Waals surface area contributed by atoms with E-state index in [1.54, 1.807) is 16.9 Å². The van der Waals surface area contributed by atoms with Crippen molar-refractivity contribution in [2.24, 2.45) is 0 Å². The number of benzene rings is 1. The number of aromatic amines is 1. The van der Waals surface area contributed by atoms with E-state index in [1.807, 2.05) is 11.8 Å². The number of amides is 1. The van der Waals surface area contributed by atoms with Gasteiger partial charge < -0.3 is 4.90 Å². The van der Waals surface area contributed by atoms with Gasteiger partial charge in [0.1, 0.15) is 5.82 Å². The highest BCUT2D eigenvalue weighted by Crippen LogP contribution is 2.34. The number of aryl methyl sites for hydroxylation is 1. The Hall–Kier alpha value is -3.40. The molecule has 1 aliphatic heterocycles. The maximum absolute atomic E-state index is 13.5. The quantitative estimate of drug-likeness (QED) is 0.486. The topological polar surface area (TPSA) is 96.8 Å². The molecule has 8 nitrogen and oxygen atoms in total. The van der Waals surface area contributed by atoms with Crippen LogP contribution in [0.3, 0.4) is 0 Å². The van der Waals surface area contributed by atoms with Gasteiger partial charge in [-0.25, -0.2) is 19.0 Å². The Morgan fingerprint density at radius 3 is 2.85 bits per heavy atom. The predicted octanol–water partition coefficient (Wildman–Crippen LogP) is 3.52. The SMILES string of the molecule is Cc1c(C(=O)N2CCC(c3nc4ccc(F)cc4s3)CC2)cnn1-c1nc2c(c(=O)[nH]1)CCC2. The van der Waals surface area contributed by atoms with Crippen LogP contribution >= 0.6 is 11.3 Å². The summed E-state index contributed by atoms with van der Waals surface area (Å²) in [6.45, 7) is 3.05. The fourth-order valence-corrected chi connectivity index (χ4v) is 6.11. The molecule has 1 saturated heterocycles. The summed E-state index contributed by atoms with van der Waals surface area (Å²) in [5.41, 5.74) is 3.44. The first kappa shape index (κ1) is 21.2. The second-order valence-electron chi connectivity index (χ2n) is 8.95. The van der Waals surface area contributed by atoms with Gasteiger partial charge in [-0.15, -0.1) is 11.3 Å². The summed E-state index contributed by atoms with van der Waals surface area (Å²) in [6.07, 6.45) is 5.64. The fraction of sp³-hybridized carbons (Fsp3) is 0.375. The molecule has 0 atom stereocenters. The Balaban J connectivity index is 1.18. The van der Waals surface area contributed by atoms with Crippen LogP contribution in [0.4, 0.5) is 4.39 Å². The first-order valence-electron chi connectivity index (χ1n) is 11.5. The fourth-order valence-electron chi connectivity index (χ4n) is 4.95. The van der Waals surface area contributed by atoms with Crippen LogP contribution in [0.5, 0.6) is 0 Å². The van der Waals surface area contributed by atoms with Gasteiger partial charge in [-0.3, -0.25) is 14.6 Å². The van der Waals surface area contributed by atoms with E-state index in [2.05, 4.69) is 20.1 Å². The van der Waals surface area contributed by atoms with Crippen LogP contribution in [-0.2, 0) is 12.8 Å². The number of carbonyl (C=O) groups excluding carboxylic acids is 1. The maximum Gasteiger partial charge on any atom is 0.257 e. The number of likely N-dealkylation sites (tertiary alicyclic amines) is 1. The first-order chi connectivity index (χ1) is 16.5. The molecule has 1 aliphatic carbocycles. The molecule has 2 aliphatic rings. The van der Waals surface area contributed by atoms with E-state index < -0.39 is 0 Å². The summed E-state index contributed by atoms with van der Waals surface area (Å²) in [6, 6.07) is 4.68. The van der Waals surface area contributed by atoms with E-state index in [0.29, 0.717) is 30.3 Å². The summed E-state index contributed by atoms with van der Waals surface area (Å²) < 4.78 is 15.9. The van der Waals surface area contributed by atoms with Crippen molar-refractivity contribution < 1.29 is 9.18 Å². The molecule has 10 heteroatoms. The van der Waals surface area contributed by atoms with E-state index in [0.717, 1.165) is 58.6 Å². The number of aromatic nitrogens is 5. The lowest BCUT2D eigenvalue weighted by Crippen LogP contribution is -2.38. The number of piperidine rings is 1. The van der Waals surface area contributed by atoms with Gasteiger partial charge in [0.15, 0.2) is 0 Å². The van der Waals surface area contributed by atoms with Crippen molar-refractivity contribution in [1.82, 2.24) is 29.6 Å². The van der Waals surface area contributed by atoms with E-state index in [1.165, 1.54) is 23.5 Å². The van der Waals surface area contributed by atoms with Crippen molar-refractivity contribution in [3.05, 3.63) is 68.1 Å². The van der Waals surface area contributed by atoms with Gasteiger partial charge in [0, 0.05) is 24.6 Å². The molecule has 0 saturated carbocycles. The van der Waals surface area contributed by atoms with Gasteiger partial charge in [-0.2, -0.15) is 5.10 Å². The second-order valence-corrected chi connectivity index (χ2v) is 10.0. The summed E-state index contributed by atoms with van der Waals surface area (Å²) >= 11 is 1.53. The summed E-state index contributed by atoms with van der Waals surface area (Å²) in [4.78, 5) is 39.6. The second kappa shape index (κ2) is 8.12. The molecule has 0 unspecified atom stereocenters. The van der Waals surface area contributed by atoms with Crippen molar-refractivity contribution in [3.8, 4) is 5.95 Å². The van der Waals surface area contributed by atoms with Crippen molar-refractivity contribution in [2.45, 2.75) is 44.9 Å². The number of hydrogen-bond donors (Lipinski definition) is 1. The molecule has 3 aromatic heterocycles. The molecule has 1 fully saturated rings. The van der Waals surface area contributed by atoms with E-state index in [4.69, 9.17) is 0 Å². The molecule has 0 spiro atoms. The molecule has 34 heavy (non-hydrogen) atoms. The third-order valence-corrected chi connectivity index (χ3v) is 8.05. The summed E-state index contributed by atoms with van der Waals surface area (Å²) in [5.74, 6) is 0.289. The highest BCUT2D eigenvalue weighted by Gasteiger charge is 2.29. The van der Waals surface area contributed by atoms with Crippen LogP contribution in [0.25, 0.3) is 16.2 Å². The minimum absolute atomic E-state index is 0.0722. The Labute approximate surface area is 198 Å². The largest absolute Gasteiger partial charge is 0.338 e. The number of fused-ring (bicyclic) bond motifs is 2. The van der Waals surface area contributed by atoms with Gasteiger partial charge >= 0.3 is 0 Å². The zero-order valence-corrected chi connectivity index (χ0v) is 19.5. The number of nitrogens with zero attached hydrogens (tertiary/aromatic N) is 5. The number of rotatable bonds is 3. The number of halogens is 1. The Bertz CT molecular complexity index is 1480. The monoisotopic (exact) mass is 478 g/mol. The zero-order valence-electron chi connectivity index (χ0n) is 18.7. The Morgan fingerprint density at radius 2 is 2.03 bits per heavy atom. The predicted molar refractivity (Wildman–Crippen MR) is 126 cm³/mol. The van der Waals surface area contributed by atoms with Gasteiger partial charge in [0.25, 0.3) is 11.5 Å². The number of carbonyl (C=O) groups is 1. The normalized spacial score (nSPS) is 16.4. The Morgan fingerprint density at radius 1 is 1.21 bits per heavy atom. The molecule has 4 aromatic rings. The standard InChI is InChI=1S/C24H23FN6O2S/c1-13-17(12-26-31(13)24-28-18-4-2-3-16(18)21(32)29-24)23(33)30-9-7-14(8-10-30)22-27-19-6-5-15(25)11-20(19)34-22/h5-6,11-12,14H,2-4,7-10H2,1H3,(H,28,29,32). The number of nitrogens with one attached hydrogen (secondary N) is 1. The van der Waals surface area contributed by atoms with Gasteiger partial charge in [0.2, 0.25) is 5.95 Å². The maximum atomic E-state index is 13.5. The van der Waals surface area contributed by atoms with E-state index >= 15 is 0 Å². The number of thiazole rings is 1. The average molecular weight is 479 g/mol. The smallest absolute Gasteiger partial charge is 0.257 e. The third kappa shape index (κ3) is 3.53. The summed E-state index contributed by atoms with van der Waals surface area (Å²) in [7, 11) is 0. The van der Waals surface area contributed by atoms with Crippen molar-refractivity contribution in [1.29, 1.82) is 0 Å². The van der Waals surface area contributed by atoms with Crippen LogP contribution in [0, 0.1) is 12.7 Å². The minimum Gasteiger partial charge on any atom is -0.338 e. The van der Waals surface area contributed by atoms with Crippen molar-refractivity contribution in [3.63, 3.8) is 0 Å². The van der Waals surface area contributed by atoms with Crippen molar-refractivity contribution >= 4 is 27.5 Å². The molecule has 174 valence electrons. The zero-order chi connectivity index (χ0) is 23.4. The van der Waals surface area contributed by atoms with Crippen LogP contribution < -0.4 is 5.56 Å². The van der Waals surface area contributed by atoms with Crippen LogP contribution in [-0.4, -0.2) is 48.6 Å². The molecule has 0 radical (unpaired) electrons. The van der Waals surface area contributed by atoms with Gasteiger partial charge in [0.05, 0.1) is 38.4 Å². The minimum atomic E-state index is -0.252. The molecule has 6 rings (SSSR count). The molecule has 0 bridgehead atoms.